The first kappa shape index (κ1) is 17.2. The van der Waals surface area contributed by atoms with E-state index in [2.05, 4.69) is 17.4 Å². The Hall–Kier alpha value is -1.65. The molecule has 0 atom stereocenters. The molecule has 0 aromatic heterocycles. The minimum atomic E-state index is -0.679. The fraction of sp³-hybridized carbons (Fsp3) is 0.300. The van der Waals surface area contributed by atoms with Crippen LogP contribution in [-0.2, 0) is 6.54 Å². The van der Waals surface area contributed by atoms with E-state index in [0.717, 1.165) is 32.1 Å². The monoisotopic (exact) mass is 343 g/mol. The van der Waals surface area contributed by atoms with Gasteiger partial charge in [0, 0.05) is 17.3 Å². The van der Waals surface area contributed by atoms with E-state index >= 15 is 0 Å². The van der Waals surface area contributed by atoms with Gasteiger partial charge in [0.25, 0.3) is 0 Å². The quantitative estimate of drug-likeness (QED) is 0.595. The van der Waals surface area contributed by atoms with Gasteiger partial charge < -0.3 is 15.5 Å². The molecule has 24 heavy (non-hydrogen) atoms. The average molecular weight is 344 g/mol. The summed E-state index contributed by atoms with van der Waals surface area (Å²) in [7, 11) is 0. The van der Waals surface area contributed by atoms with E-state index in [0.29, 0.717) is 13.0 Å². The molecule has 0 saturated carbocycles. The summed E-state index contributed by atoms with van der Waals surface area (Å²) in [5.41, 5.74) is 0.451. The first-order valence-electron chi connectivity index (χ1n) is 8.20. The van der Waals surface area contributed by atoms with E-state index < -0.39 is 5.54 Å². The van der Waals surface area contributed by atoms with Gasteiger partial charge in [-0.25, -0.2) is 0 Å². The molecule has 3 aromatic rings. The van der Waals surface area contributed by atoms with Gasteiger partial charge >= 0.3 is 0 Å². The van der Waals surface area contributed by atoms with Gasteiger partial charge in [0.15, 0.2) is 0 Å². The summed E-state index contributed by atoms with van der Waals surface area (Å²) < 4.78 is 0. The van der Waals surface area contributed by atoms with E-state index in [1.54, 1.807) is 0 Å². The second-order valence-corrected chi connectivity index (χ2v) is 6.57. The number of halogens is 1. The van der Waals surface area contributed by atoms with E-state index in [1.807, 2.05) is 43.3 Å². The SMILES string of the molecule is CCC(CO)(CO)NCc1c2ccccc2c(Cl)c2ccccc12. The maximum absolute atomic E-state index is 9.68. The van der Waals surface area contributed by atoms with E-state index in [1.165, 1.54) is 0 Å². The average Bonchev–Trinajstić information content (AvgIpc) is 2.65. The highest BCUT2D eigenvalue weighted by Gasteiger charge is 2.26. The van der Waals surface area contributed by atoms with E-state index in [9.17, 15) is 10.2 Å². The normalized spacial score (nSPS) is 12.2. The summed E-state index contributed by atoms with van der Waals surface area (Å²) in [4.78, 5) is 0. The van der Waals surface area contributed by atoms with Crippen LogP contribution in [0.1, 0.15) is 18.9 Å². The molecule has 0 spiro atoms. The van der Waals surface area contributed by atoms with Crippen molar-refractivity contribution in [3.8, 4) is 0 Å². The summed E-state index contributed by atoms with van der Waals surface area (Å²) in [6, 6.07) is 16.2. The predicted molar refractivity (Wildman–Crippen MR) is 100 cm³/mol. The van der Waals surface area contributed by atoms with Crippen molar-refractivity contribution < 1.29 is 10.2 Å². The molecule has 0 aliphatic heterocycles. The number of benzene rings is 3. The molecule has 0 bridgehead atoms. The second-order valence-electron chi connectivity index (χ2n) is 6.19. The molecule has 3 rings (SSSR count). The Bertz CT molecular complexity index is 793. The van der Waals surface area contributed by atoms with Crippen LogP contribution >= 0.6 is 11.6 Å². The molecule has 0 heterocycles. The Labute approximate surface area is 146 Å². The molecule has 3 N–H and O–H groups in total. The van der Waals surface area contributed by atoms with Crippen LogP contribution in [0, 0.1) is 0 Å². The molecule has 0 radical (unpaired) electrons. The highest BCUT2D eigenvalue weighted by molar-refractivity contribution is 6.41. The fourth-order valence-electron chi connectivity index (χ4n) is 3.14. The first-order chi connectivity index (χ1) is 11.7. The predicted octanol–water partition coefficient (Wildman–Crippen LogP) is 3.87. The lowest BCUT2D eigenvalue weighted by atomic mass is 9.94. The molecule has 0 unspecified atom stereocenters. The number of fused-ring (bicyclic) bond motifs is 2. The fourth-order valence-corrected chi connectivity index (χ4v) is 3.47. The number of hydrogen-bond acceptors (Lipinski definition) is 3. The van der Waals surface area contributed by atoms with Crippen molar-refractivity contribution in [2.24, 2.45) is 0 Å². The van der Waals surface area contributed by atoms with Crippen molar-refractivity contribution in [1.29, 1.82) is 0 Å². The third kappa shape index (κ3) is 2.89. The molecule has 3 aromatic carbocycles. The molecular formula is C20H22ClNO2. The van der Waals surface area contributed by atoms with Crippen LogP contribution in [-0.4, -0.2) is 29.0 Å². The van der Waals surface area contributed by atoms with E-state index in [-0.39, 0.29) is 13.2 Å². The molecule has 3 nitrogen and oxygen atoms in total. The zero-order valence-corrected chi connectivity index (χ0v) is 14.5. The van der Waals surface area contributed by atoms with Crippen LogP contribution in [0.5, 0.6) is 0 Å². The van der Waals surface area contributed by atoms with Gasteiger partial charge in [-0.15, -0.1) is 0 Å². The summed E-state index contributed by atoms with van der Waals surface area (Å²) in [6.45, 7) is 2.29. The molecule has 126 valence electrons. The number of aliphatic hydroxyl groups is 2. The number of nitrogens with one attached hydrogen (secondary N) is 1. The zero-order valence-electron chi connectivity index (χ0n) is 13.7. The molecule has 0 aliphatic rings. The van der Waals surface area contributed by atoms with Gasteiger partial charge in [0.2, 0.25) is 0 Å². The molecule has 0 fully saturated rings. The summed E-state index contributed by atoms with van der Waals surface area (Å²) in [5, 5.41) is 27.7. The molecule has 0 saturated heterocycles. The van der Waals surface area contributed by atoms with Crippen molar-refractivity contribution in [3.63, 3.8) is 0 Å². The lowest BCUT2D eigenvalue weighted by molar-refractivity contribution is 0.0866. The van der Waals surface area contributed by atoms with Crippen LogP contribution in [0.4, 0.5) is 0 Å². The van der Waals surface area contributed by atoms with Crippen LogP contribution in [0.2, 0.25) is 5.02 Å². The first-order valence-corrected chi connectivity index (χ1v) is 8.58. The van der Waals surface area contributed by atoms with Crippen molar-refractivity contribution in [2.45, 2.75) is 25.4 Å². The van der Waals surface area contributed by atoms with Crippen LogP contribution < -0.4 is 5.32 Å². The Morgan fingerprint density at radius 2 is 1.33 bits per heavy atom. The zero-order chi connectivity index (χ0) is 17.2. The maximum atomic E-state index is 9.68. The Morgan fingerprint density at radius 3 is 1.75 bits per heavy atom. The van der Waals surface area contributed by atoms with Gasteiger partial charge in [-0.3, -0.25) is 0 Å². The number of aliphatic hydroxyl groups excluding tert-OH is 2. The van der Waals surface area contributed by atoms with Crippen LogP contribution in [0.25, 0.3) is 21.5 Å². The Morgan fingerprint density at radius 1 is 0.875 bits per heavy atom. The van der Waals surface area contributed by atoms with Crippen molar-refractivity contribution >= 4 is 33.1 Å². The summed E-state index contributed by atoms with van der Waals surface area (Å²) in [5.74, 6) is 0. The molecule has 0 aliphatic carbocycles. The molecular weight excluding hydrogens is 322 g/mol. The van der Waals surface area contributed by atoms with E-state index in [4.69, 9.17) is 11.6 Å². The molecule has 0 amide bonds. The number of hydrogen-bond donors (Lipinski definition) is 3. The van der Waals surface area contributed by atoms with Crippen LogP contribution in [0.15, 0.2) is 48.5 Å². The highest BCUT2D eigenvalue weighted by atomic mass is 35.5. The third-order valence-corrected chi connectivity index (χ3v) is 5.31. The lowest BCUT2D eigenvalue weighted by Crippen LogP contribution is -2.50. The molecule has 4 heteroatoms. The topological polar surface area (TPSA) is 52.5 Å². The Kier molecular flexibility index (Phi) is 5.07. The van der Waals surface area contributed by atoms with Gasteiger partial charge in [0.05, 0.1) is 23.8 Å². The van der Waals surface area contributed by atoms with Crippen LogP contribution in [0.3, 0.4) is 0 Å². The Balaban J connectivity index is 2.16. The van der Waals surface area contributed by atoms with Gasteiger partial charge in [-0.05, 0) is 22.8 Å². The highest BCUT2D eigenvalue weighted by Crippen LogP contribution is 2.36. The van der Waals surface area contributed by atoms with Crippen molar-refractivity contribution in [1.82, 2.24) is 5.32 Å². The minimum Gasteiger partial charge on any atom is -0.394 e. The minimum absolute atomic E-state index is 0.108. The van der Waals surface area contributed by atoms with Crippen molar-refractivity contribution in [3.05, 3.63) is 59.1 Å². The smallest absolute Gasteiger partial charge is 0.0648 e. The third-order valence-electron chi connectivity index (χ3n) is 4.90. The maximum Gasteiger partial charge on any atom is 0.0648 e. The van der Waals surface area contributed by atoms with Crippen molar-refractivity contribution in [2.75, 3.05) is 13.2 Å². The lowest BCUT2D eigenvalue weighted by Gasteiger charge is -2.30. The standard InChI is InChI=1S/C20H22ClNO2/c1-2-20(12-23,13-24)22-11-18-14-7-3-5-9-16(14)19(21)17-10-6-4-8-15(17)18/h3-10,22-24H,2,11-13H2,1H3. The summed E-state index contributed by atoms with van der Waals surface area (Å²) >= 11 is 6.62. The second kappa shape index (κ2) is 7.08. The number of rotatable bonds is 6. The van der Waals surface area contributed by atoms with Gasteiger partial charge in [0.1, 0.15) is 0 Å². The summed E-state index contributed by atoms with van der Waals surface area (Å²) in [6.07, 6.45) is 0.642. The van der Waals surface area contributed by atoms with Gasteiger partial charge in [-0.2, -0.15) is 0 Å². The largest absolute Gasteiger partial charge is 0.394 e. The van der Waals surface area contributed by atoms with Gasteiger partial charge in [-0.1, -0.05) is 67.1 Å².